The Labute approximate surface area is 124 Å². The largest absolute Gasteiger partial charge is 0.381 e. The molecule has 2 rings (SSSR count). The van der Waals surface area contributed by atoms with E-state index in [0.29, 0.717) is 23.8 Å². The van der Waals surface area contributed by atoms with Gasteiger partial charge < -0.3 is 9.64 Å². The molecule has 0 bridgehead atoms. The van der Waals surface area contributed by atoms with E-state index in [-0.39, 0.29) is 11.3 Å². The highest BCUT2D eigenvalue weighted by Gasteiger charge is 2.31. The molecule has 20 heavy (non-hydrogen) atoms. The van der Waals surface area contributed by atoms with Gasteiger partial charge in [0, 0.05) is 39.5 Å². The van der Waals surface area contributed by atoms with Gasteiger partial charge in [0.2, 0.25) is 0 Å². The molecule has 1 aliphatic rings. The van der Waals surface area contributed by atoms with E-state index >= 15 is 0 Å². The van der Waals surface area contributed by atoms with Crippen LogP contribution in [0.3, 0.4) is 0 Å². The Hall–Kier alpha value is -1.07. The van der Waals surface area contributed by atoms with Crippen LogP contribution in [0, 0.1) is 5.41 Å². The van der Waals surface area contributed by atoms with Gasteiger partial charge in [0.25, 0.3) is 5.91 Å². The minimum Gasteiger partial charge on any atom is -0.381 e. The molecule has 6 heteroatoms. The Morgan fingerprint density at radius 3 is 2.75 bits per heavy atom. The fourth-order valence-electron chi connectivity index (χ4n) is 2.55. The van der Waals surface area contributed by atoms with E-state index < -0.39 is 0 Å². The SMILES string of the molecule is CCn1cc(Cl)c(C(=O)N(C)CC2(C)CCOCC2)n1. The lowest BCUT2D eigenvalue weighted by Crippen LogP contribution is -2.40. The lowest BCUT2D eigenvalue weighted by atomic mass is 9.82. The quantitative estimate of drug-likeness (QED) is 0.858. The number of carbonyl (C=O) groups excluding carboxylic acids is 1. The Morgan fingerprint density at radius 1 is 1.55 bits per heavy atom. The number of hydrogen-bond acceptors (Lipinski definition) is 3. The number of aromatic nitrogens is 2. The number of hydrogen-bond donors (Lipinski definition) is 0. The molecule has 1 aliphatic heterocycles. The van der Waals surface area contributed by atoms with Gasteiger partial charge in [-0.15, -0.1) is 0 Å². The highest BCUT2D eigenvalue weighted by Crippen LogP contribution is 2.31. The molecule has 1 amide bonds. The van der Waals surface area contributed by atoms with E-state index in [1.807, 2.05) is 14.0 Å². The van der Waals surface area contributed by atoms with Crippen molar-refractivity contribution in [1.29, 1.82) is 0 Å². The lowest BCUT2D eigenvalue weighted by Gasteiger charge is -2.36. The number of halogens is 1. The molecule has 2 heterocycles. The first-order chi connectivity index (χ1) is 9.45. The van der Waals surface area contributed by atoms with E-state index in [1.165, 1.54) is 0 Å². The summed E-state index contributed by atoms with van der Waals surface area (Å²) in [4.78, 5) is 14.2. The minimum absolute atomic E-state index is 0.114. The maximum Gasteiger partial charge on any atom is 0.275 e. The van der Waals surface area contributed by atoms with Crippen molar-refractivity contribution in [2.75, 3.05) is 26.8 Å². The molecule has 0 atom stereocenters. The topological polar surface area (TPSA) is 47.4 Å². The highest BCUT2D eigenvalue weighted by molar-refractivity contribution is 6.33. The zero-order valence-corrected chi connectivity index (χ0v) is 13.1. The predicted molar refractivity (Wildman–Crippen MR) is 78.0 cm³/mol. The molecule has 112 valence electrons. The van der Waals surface area contributed by atoms with Gasteiger partial charge in [-0.2, -0.15) is 5.10 Å². The number of aryl methyl sites for hydroxylation is 1. The lowest BCUT2D eigenvalue weighted by molar-refractivity contribution is 0.00905. The van der Waals surface area contributed by atoms with Crippen LogP contribution in [0.15, 0.2) is 6.20 Å². The van der Waals surface area contributed by atoms with Gasteiger partial charge >= 0.3 is 0 Å². The Kier molecular flexibility index (Phi) is 4.70. The third kappa shape index (κ3) is 3.33. The van der Waals surface area contributed by atoms with Crippen LogP contribution < -0.4 is 0 Å². The summed E-state index contributed by atoms with van der Waals surface area (Å²) >= 11 is 6.09. The van der Waals surface area contributed by atoms with E-state index in [4.69, 9.17) is 16.3 Å². The molecule has 0 aliphatic carbocycles. The van der Waals surface area contributed by atoms with Gasteiger partial charge in [-0.1, -0.05) is 18.5 Å². The van der Waals surface area contributed by atoms with E-state index in [0.717, 1.165) is 26.1 Å². The standard InChI is InChI=1S/C14H22ClN3O2/c1-4-18-9-11(15)12(16-18)13(19)17(3)10-14(2)5-7-20-8-6-14/h9H,4-8,10H2,1-3H3. The average Bonchev–Trinajstić information content (AvgIpc) is 2.79. The van der Waals surface area contributed by atoms with Gasteiger partial charge in [0.05, 0.1) is 5.02 Å². The second-order valence-corrected chi connectivity index (χ2v) is 6.17. The molecule has 0 saturated carbocycles. The summed E-state index contributed by atoms with van der Waals surface area (Å²) < 4.78 is 7.07. The third-order valence-corrected chi connectivity index (χ3v) is 4.19. The summed E-state index contributed by atoms with van der Waals surface area (Å²) in [6.45, 7) is 7.10. The molecule has 0 radical (unpaired) electrons. The number of amides is 1. The van der Waals surface area contributed by atoms with Crippen LogP contribution in [-0.4, -0.2) is 47.4 Å². The molecule has 0 unspecified atom stereocenters. The fraction of sp³-hybridized carbons (Fsp3) is 0.714. The zero-order valence-electron chi connectivity index (χ0n) is 12.4. The van der Waals surface area contributed by atoms with Crippen LogP contribution in [0.1, 0.15) is 37.2 Å². The molecule has 5 nitrogen and oxygen atoms in total. The van der Waals surface area contributed by atoms with Crippen molar-refractivity contribution in [1.82, 2.24) is 14.7 Å². The van der Waals surface area contributed by atoms with Crippen LogP contribution in [0.2, 0.25) is 5.02 Å². The molecule has 0 spiro atoms. The Morgan fingerprint density at radius 2 is 2.20 bits per heavy atom. The van der Waals surface area contributed by atoms with Crippen molar-refractivity contribution in [3.63, 3.8) is 0 Å². The average molecular weight is 300 g/mol. The smallest absolute Gasteiger partial charge is 0.275 e. The first-order valence-corrected chi connectivity index (χ1v) is 7.39. The molecule has 0 N–H and O–H groups in total. The molecular formula is C14H22ClN3O2. The highest BCUT2D eigenvalue weighted by atomic mass is 35.5. The summed E-state index contributed by atoms with van der Waals surface area (Å²) in [5, 5.41) is 4.65. The van der Waals surface area contributed by atoms with Gasteiger partial charge in [-0.25, -0.2) is 0 Å². The van der Waals surface area contributed by atoms with Crippen molar-refractivity contribution in [2.24, 2.45) is 5.41 Å². The summed E-state index contributed by atoms with van der Waals surface area (Å²) in [5.74, 6) is -0.116. The molecule has 1 saturated heterocycles. The van der Waals surface area contributed by atoms with Gasteiger partial charge in [-0.3, -0.25) is 9.48 Å². The first-order valence-electron chi connectivity index (χ1n) is 7.01. The number of nitrogens with zero attached hydrogens (tertiary/aromatic N) is 3. The van der Waals surface area contributed by atoms with E-state index in [2.05, 4.69) is 12.0 Å². The van der Waals surface area contributed by atoms with Crippen molar-refractivity contribution in [3.8, 4) is 0 Å². The second kappa shape index (κ2) is 6.14. The molecule has 1 aromatic rings. The number of carbonyl (C=O) groups is 1. The monoisotopic (exact) mass is 299 g/mol. The number of ether oxygens (including phenoxy) is 1. The van der Waals surface area contributed by atoms with E-state index in [9.17, 15) is 4.79 Å². The fourth-order valence-corrected chi connectivity index (χ4v) is 2.78. The second-order valence-electron chi connectivity index (χ2n) is 5.77. The van der Waals surface area contributed by atoms with Crippen LogP contribution in [0.25, 0.3) is 0 Å². The van der Waals surface area contributed by atoms with E-state index in [1.54, 1.807) is 15.8 Å². The molecule has 0 aromatic carbocycles. The van der Waals surface area contributed by atoms with Crippen LogP contribution in [-0.2, 0) is 11.3 Å². The van der Waals surface area contributed by atoms with Crippen molar-refractivity contribution in [2.45, 2.75) is 33.2 Å². The van der Waals surface area contributed by atoms with Crippen molar-refractivity contribution >= 4 is 17.5 Å². The van der Waals surface area contributed by atoms with Crippen LogP contribution >= 0.6 is 11.6 Å². The van der Waals surface area contributed by atoms with Crippen LogP contribution in [0.5, 0.6) is 0 Å². The Balaban J connectivity index is 2.06. The summed E-state index contributed by atoms with van der Waals surface area (Å²) in [6, 6.07) is 0. The zero-order chi connectivity index (χ0) is 14.8. The minimum atomic E-state index is -0.116. The summed E-state index contributed by atoms with van der Waals surface area (Å²) in [5.41, 5.74) is 0.453. The normalized spacial score (nSPS) is 18.0. The van der Waals surface area contributed by atoms with Crippen LogP contribution in [0.4, 0.5) is 0 Å². The third-order valence-electron chi connectivity index (χ3n) is 3.91. The molecule has 1 fully saturated rings. The van der Waals surface area contributed by atoms with Crippen molar-refractivity contribution < 1.29 is 9.53 Å². The number of rotatable bonds is 4. The first kappa shape index (κ1) is 15.3. The van der Waals surface area contributed by atoms with Gasteiger partial charge in [0.1, 0.15) is 0 Å². The van der Waals surface area contributed by atoms with Crippen molar-refractivity contribution in [3.05, 3.63) is 16.9 Å². The molecular weight excluding hydrogens is 278 g/mol. The Bertz CT molecular complexity index is 481. The maximum atomic E-state index is 12.4. The maximum absolute atomic E-state index is 12.4. The van der Waals surface area contributed by atoms with Gasteiger partial charge in [0.15, 0.2) is 5.69 Å². The molecule has 1 aromatic heterocycles. The summed E-state index contributed by atoms with van der Waals surface area (Å²) in [7, 11) is 1.81. The predicted octanol–water partition coefficient (Wildman–Crippen LogP) is 2.45. The van der Waals surface area contributed by atoms with Gasteiger partial charge in [-0.05, 0) is 25.2 Å². The summed E-state index contributed by atoms with van der Waals surface area (Å²) in [6.07, 6.45) is 3.64.